The average Bonchev–Trinajstić information content (AvgIpc) is 2.68. The molecule has 1 heterocycles. The minimum atomic E-state index is 0.0777. The van der Waals surface area contributed by atoms with Crippen LogP contribution in [0.25, 0.3) is 0 Å². The number of morpholine rings is 1. The van der Waals surface area contributed by atoms with Gasteiger partial charge in [0.05, 0.1) is 13.2 Å². The molecule has 0 aromatic heterocycles. The van der Waals surface area contributed by atoms with Crippen molar-refractivity contribution in [3.8, 4) is 5.75 Å². The standard InChI is InChI=1S/C23H33NO3/c1-7-18(8-2)15-27-22-20(16(3)4)13-19(14-21(22)17(5)6)23(25)24-9-11-26-12-10-24/h7-8,13-14,16-17H,1,9-12,15H2,2-6H3. The van der Waals surface area contributed by atoms with Gasteiger partial charge in [-0.3, -0.25) is 4.79 Å². The van der Waals surface area contributed by atoms with Crippen LogP contribution < -0.4 is 4.74 Å². The van der Waals surface area contributed by atoms with E-state index < -0.39 is 0 Å². The van der Waals surface area contributed by atoms with Gasteiger partial charge in [0.25, 0.3) is 5.91 Å². The zero-order chi connectivity index (χ0) is 20.0. The van der Waals surface area contributed by atoms with Crippen molar-refractivity contribution < 1.29 is 14.3 Å². The van der Waals surface area contributed by atoms with Gasteiger partial charge in [-0.05, 0) is 47.6 Å². The van der Waals surface area contributed by atoms with Gasteiger partial charge in [0, 0.05) is 18.7 Å². The smallest absolute Gasteiger partial charge is 0.254 e. The molecule has 0 atom stereocenters. The predicted molar refractivity (Wildman–Crippen MR) is 111 cm³/mol. The highest BCUT2D eigenvalue weighted by Gasteiger charge is 2.23. The number of benzene rings is 1. The monoisotopic (exact) mass is 371 g/mol. The van der Waals surface area contributed by atoms with Gasteiger partial charge in [-0.1, -0.05) is 46.4 Å². The molecule has 0 bridgehead atoms. The molecule has 1 aliphatic rings. The van der Waals surface area contributed by atoms with Gasteiger partial charge in [-0.25, -0.2) is 0 Å². The fourth-order valence-electron chi connectivity index (χ4n) is 3.19. The molecule has 1 amide bonds. The third kappa shape index (κ3) is 5.23. The SMILES string of the molecule is C=CC(=CC)COc1c(C(C)C)cc(C(=O)N2CCOCC2)cc1C(C)C. The number of carbonyl (C=O) groups excluding carboxylic acids is 1. The van der Waals surface area contributed by atoms with Gasteiger partial charge in [0.15, 0.2) is 0 Å². The first kappa shape index (κ1) is 21.2. The molecule has 1 aliphatic heterocycles. The van der Waals surface area contributed by atoms with Crippen molar-refractivity contribution in [2.75, 3.05) is 32.9 Å². The highest BCUT2D eigenvalue weighted by molar-refractivity contribution is 5.95. The number of hydrogen-bond acceptors (Lipinski definition) is 3. The lowest BCUT2D eigenvalue weighted by Crippen LogP contribution is -2.40. The van der Waals surface area contributed by atoms with Gasteiger partial charge in [-0.15, -0.1) is 0 Å². The lowest BCUT2D eigenvalue weighted by Gasteiger charge is -2.28. The molecule has 148 valence electrons. The Kier molecular flexibility index (Phi) is 7.66. The largest absolute Gasteiger partial charge is 0.488 e. The zero-order valence-electron chi connectivity index (χ0n) is 17.4. The summed E-state index contributed by atoms with van der Waals surface area (Å²) in [6.45, 7) is 17.4. The van der Waals surface area contributed by atoms with Crippen LogP contribution in [-0.2, 0) is 4.74 Å². The molecular formula is C23H33NO3. The van der Waals surface area contributed by atoms with Crippen molar-refractivity contribution >= 4 is 5.91 Å². The van der Waals surface area contributed by atoms with Crippen LogP contribution in [0.3, 0.4) is 0 Å². The van der Waals surface area contributed by atoms with Gasteiger partial charge in [-0.2, -0.15) is 0 Å². The minimum Gasteiger partial charge on any atom is -0.488 e. The zero-order valence-corrected chi connectivity index (χ0v) is 17.4. The average molecular weight is 372 g/mol. The number of nitrogens with zero attached hydrogens (tertiary/aromatic N) is 1. The Balaban J connectivity index is 2.43. The molecule has 0 unspecified atom stereocenters. The van der Waals surface area contributed by atoms with Crippen molar-refractivity contribution in [1.82, 2.24) is 4.90 Å². The predicted octanol–water partition coefficient (Wildman–Crippen LogP) is 4.92. The molecule has 1 aromatic rings. The highest BCUT2D eigenvalue weighted by atomic mass is 16.5. The first-order valence-electron chi connectivity index (χ1n) is 9.84. The van der Waals surface area contributed by atoms with Gasteiger partial charge in [0.1, 0.15) is 12.4 Å². The summed E-state index contributed by atoms with van der Waals surface area (Å²) in [4.78, 5) is 14.9. The normalized spacial score (nSPS) is 15.4. The van der Waals surface area contributed by atoms with Crippen LogP contribution in [0.5, 0.6) is 5.75 Å². The van der Waals surface area contributed by atoms with Crippen molar-refractivity contribution in [1.29, 1.82) is 0 Å². The Morgan fingerprint density at radius 1 is 1.19 bits per heavy atom. The van der Waals surface area contributed by atoms with Crippen molar-refractivity contribution in [3.63, 3.8) is 0 Å². The van der Waals surface area contributed by atoms with Crippen molar-refractivity contribution in [2.45, 2.75) is 46.5 Å². The van der Waals surface area contributed by atoms with Gasteiger partial charge in [0.2, 0.25) is 0 Å². The number of rotatable bonds is 7. The summed E-state index contributed by atoms with van der Waals surface area (Å²) in [5.41, 5.74) is 3.95. The van der Waals surface area contributed by atoms with E-state index in [9.17, 15) is 4.79 Å². The second-order valence-electron chi connectivity index (χ2n) is 7.55. The molecule has 4 heteroatoms. The second-order valence-corrected chi connectivity index (χ2v) is 7.55. The lowest BCUT2D eigenvalue weighted by molar-refractivity contribution is 0.0302. The van der Waals surface area contributed by atoms with E-state index in [1.54, 1.807) is 0 Å². The van der Waals surface area contributed by atoms with Crippen LogP contribution in [0.1, 0.15) is 67.9 Å². The summed E-state index contributed by atoms with van der Waals surface area (Å²) in [5.74, 6) is 1.49. The molecule has 0 spiro atoms. The molecule has 1 saturated heterocycles. The minimum absolute atomic E-state index is 0.0777. The van der Waals surface area contributed by atoms with Crippen LogP contribution in [-0.4, -0.2) is 43.7 Å². The van der Waals surface area contributed by atoms with Crippen LogP contribution in [0, 0.1) is 0 Å². The van der Waals surface area contributed by atoms with Crippen molar-refractivity contribution in [2.24, 2.45) is 0 Å². The van der Waals surface area contributed by atoms with Crippen molar-refractivity contribution in [3.05, 3.63) is 53.1 Å². The lowest BCUT2D eigenvalue weighted by atomic mass is 9.91. The molecule has 0 radical (unpaired) electrons. The third-order valence-corrected chi connectivity index (χ3v) is 4.95. The van der Waals surface area contributed by atoms with E-state index >= 15 is 0 Å². The maximum atomic E-state index is 13.0. The van der Waals surface area contributed by atoms with E-state index in [1.165, 1.54) is 0 Å². The topological polar surface area (TPSA) is 38.8 Å². The molecular weight excluding hydrogens is 338 g/mol. The van der Waals surface area contributed by atoms with E-state index in [-0.39, 0.29) is 17.7 Å². The van der Waals surface area contributed by atoms with Crippen LogP contribution in [0.4, 0.5) is 0 Å². The summed E-state index contributed by atoms with van der Waals surface area (Å²) in [6.07, 6.45) is 3.83. The summed E-state index contributed by atoms with van der Waals surface area (Å²) >= 11 is 0. The van der Waals surface area contributed by atoms with E-state index in [2.05, 4.69) is 34.3 Å². The van der Waals surface area contributed by atoms with E-state index in [0.29, 0.717) is 32.9 Å². The quantitative estimate of drug-likeness (QED) is 0.639. The molecule has 1 fully saturated rings. The first-order chi connectivity index (χ1) is 12.9. The van der Waals surface area contributed by atoms with Crippen LogP contribution in [0.2, 0.25) is 0 Å². The summed E-state index contributed by atoms with van der Waals surface area (Å²) < 4.78 is 11.6. The Morgan fingerprint density at radius 3 is 2.19 bits per heavy atom. The maximum Gasteiger partial charge on any atom is 0.254 e. The maximum absolute atomic E-state index is 13.0. The first-order valence-corrected chi connectivity index (χ1v) is 9.84. The number of allylic oxidation sites excluding steroid dienone is 1. The van der Waals surface area contributed by atoms with Gasteiger partial charge >= 0.3 is 0 Å². The Bertz CT molecular complexity index is 669. The van der Waals surface area contributed by atoms with E-state index in [1.807, 2.05) is 36.1 Å². The number of ether oxygens (including phenoxy) is 2. The van der Waals surface area contributed by atoms with E-state index in [4.69, 9.17) is 9.47 Å². The molecule has 2 rings (SSSR count). The molecule has 0 aliphatic carbocycles. The second kappa shape index (κ2) is 9.75. The highest BCUT2D eigenvalue weighted by Crippen LogP contribution is 2.36. The summed E-state index contributed by atoms with van der Waals surface area (Å²) in [5, 5.41) is 0. The molecule has 27 heavy (non-hydrogen) atoms. The number of hydrogen-bond donors (Lipinski definition) is 0. The number of amides is 1. The Morgan fingerprint density at radius 2 is 1.74 bits per heavy atom. The number of carbonyl (C=O) groups is 1. The fraction of sp³-hybridized carbons (Fsp3) is 0.522. The molecule has 4 nitrogen and oxygen atoms in total. The van der Waals surface area contributed by atoms with Gasteiger partial charge < -0.3 is 14.4 Å². The molecule has 1 aromatic carbocycles. The molecule has 0 N–H and O–H groups in total. The summed E-state index contributed by atoms with van der Waals surface area (Å²) in [6, 6.07) is 4.01. The molecule has 0 saturated carbocycles. The summed E-state index contributed by atoms with van der Waals surface area (Å²) in [7, 11) is 0. The Labute approximate surface area is 163 Å². The van der Waals surface area contributed by atoms with Crippen LogP contribution >= 0.6 is 0 Å². The van der Waals surface area contributed by atoms with Crippen LogP contribution in [0.15, 0.2) is 36.4 Å². The third-order valence-electron chi connectivity index (χ3n) is 4.95. The van der Waals surface area contributed by atoms with E-state index in [0.717, 1.165) is 28.0 Å². The Hall–Kier alpha value is -2.07. The fourth-order valence-corrected chi connectivity index (χ4v) is 3.19.